The Hall–Kier alpha value is -1.86. The first-order valence-corrected chi connectivity index (χ1v) is 10.1. The maximum atomic E-state index is 12.5. The quantitative estimate of drug-likeness (QED) is 0.587. The van der Waals surface area contributed by atoms with Crippen molar-refractivity contribution in [1.82, 2.24) is 9.55 Å². The van der Waals surface area contributed by atoms with Gasteiger partial charge in [-0.25, -0.2) is 13.4 Å². The average molecular weight is 383 g/mol. The van der Waals surface area contributed by atoms with E-state index in [2.05, 4.69) is 4.98 Å². The molecule has 0 radical (unpaired) electrons. The number of carbonyl (C=O) groups excluding carboxylic acids is 1. The van der Waals surface area contributed by atoms with Gasteiger partial charge in [0.05, 0.1) is 11.5 Å². The Balaban J connectivity index is 1.78. The van der Waals surface area contributed by atoms with Gasteiger partial charge in [0.15, 0.2) is 27.3 Å². The van der Waals surface area contributed by atoms with E-state index >= 15 is 0 Å². The molecule has 1 aliphatic rings. The van der Waals surface area contributed by atoms with Gasteiger partial charge in [-0.2, -0.15) is 0 Å². The molecule has 3 heterocycles. The Kier molecular flexibility index (Phi) is 4.88. The van der Waals surface area contributed by atoms with Crippen LogP contribution in [0, 0.1) is 13.8 Å². The molecule has 2 aromatic heterocycles. The van der Waals surface area contributed by atoms with Gasteiger partial charge in [0, 0.05) is 29.2 Å². The van der Waals surface area contributed by atoms with Crippen LogP contribution in [0.5, 0.6) is 5.75 Å². The zero-order chi connectivity index (χ0) is 18.2. The van der Waals surface area contributed by atoms with E-state index in [-0.39, 0.29) is 35.1 Å². The molecule has 1 atom stereocenters. The van der Waals surface area contributed by atoms with E-state index in [0.717, 1.165) is 11.4 Å². The summed E-state index contributed by atoms with van der Waals surface area (Å²) in [6, 6.07) is 5.00. The van der Waals surface area contributed by atoms with Crippen LogP contribution in [0.4, 0.5) is 0 Å². The second-order valence-electron chi connectivity index (χ2n) is 6.22. The van der Waals surface area contributed by atoms with Crippen molar-refractivity contribution < 1.29 is 17.9 Å². The van der Waals surface area contributed by atoms with Gasteiger partial charge in [0.1, 0.15) is 0 Å². The van der Waals surface area contributed by atoms with Crippen molar-refractivity contribution in [2.24, 2.45) is 0 Å². The molecule has 1 aliphatic heterocycles. The lowest BCUT2D eigenvalue weighted by molar-refractivity contribution is 0.0920. The van der Waals surface area contributed by atoms with E-state index < -0.39 is 9.84 Å². The molecule has 0 saturated carbocycles. The molecule has 0 unspecified atom stereocenters. The fourth-order valence-corrected chi connectivity index (χ4v) is 5.17. The van der Waals surface area contributed by atoms with Gasteiger partial charge in [0.25, 0.3) is 0 Å². The Morgan fingerprint density at radius 2 is 2.20 bits per heavy atom. The highest BCUT2D eigenvalue weighted by molar-refractivity contribution is 7.91. The predicted octanol–water partition coefficient (Wildman–Crippen LogP) is 2.77. The molecule has 0 spiro atoms. The van der Waals surface area contributed by atoms with Gasteiger partial charge in [-0.1, -0.05) is 11.6 Å². The van der Waals surface area contributed by atoms with Crippen LogP contribution in [-0.4, -0.2) is 41.9 Å². The molecular formula is C17H19ClN2O4S. The number of pyridine rings is 1. The molecule has 0 aliphatic carbocycles. The topological polar surface area (TPSA) is 78.3 Å². The molecule has 6 nitrogen and oxygen atoms in total. The van der Waals surface area contributed by atoms with E-state index in [1.165, 1.54) is 0 Å². The first-order valence-electron chi connectivity index (χ1n) is 7.94. The van der Waals surface area contributed by atoms with Gasteiger partial charge < -0.3 is 9.30 Å². The number of hydrogen-bond donors (Lipinski definition) is 0. The number of aryl methyl sites for hydroxylation is 1. The summed E-state index contributed by atoms with van der Waals surface area (Å²) in [4.78, 5) is 16.4. The van der Waals surface area contributed by atoms with Crippen molar-refractivity contribution in [3.63, 3.8) is 0 Å². The third-order valence-electron chi connectivity index (χ3n) is 4.44. The van der Waals surface area contributed by atoms with Crippen LogP contribution in [0.1, 0.15) is 34.2 Å². The highest BCUT2D eigenvalue weighted by Gasteiger charge is 2.31. The van der Waals surface area contributed by atoms with Crippen molar-refractivity contribution in [3.05, 3.63) is 46.5 Å². The van der Waals surface area contributed by atoms with Crippen molar-refractivity contribution in [2.45, 2.75) is 26.3 Å². The number of ketones is 1. The molecule has 134 valence electrons. The number of nitrogens with zero attached hydrogens (tertiary/aromatic N) is 2. The van der Waals surface area contributed by atoms with Crippen molar-refractivity contribution in [2.75, 3.05) is 18.1 Å². The first kappa shape index (κ1) is 17.9. The molecule has 1 saturated heterocycles. The molecule has 2 aromatic rings. The minimum Gasteiger partial charge on any atom is -0.482 e. The maximum Gasteiger partial charge on any atom is 0.202 e. The minimum absolute atomic E-state index is 0.111. The standard InChI is InChI=1S/C17H19ClN2O4S/c1-11-8-14(12(2)20(11)13-5-7-25(22,23)10-13)15(21)9-24-16-4-3-6-19-17(16)18/h3-4,6,8,13H,5,7,9-10H2,1-2H3/t13-/m0/s1. The van der Waals surface area contributed by atoms with Crippen LogP contribution >= 0.6 is 11.6 Å². The monoisotopic (exact) mass is 382 g/mol. The zero-order valence-corrected chi connectivity index (χ0v) is 15.6. The Morgan fingerprint density at radius 3 is 2.84 bits per heavy atom. The number of rotatable bonds is 5. The second-order valence-corrected chi connectivity index (χ2v) is 8.80. The summed E-state index contributed by atoms with van der Waals surface area (Å²) >= 11 is 5.92. The third-order valence-corrected chi connectivity index (χ3v) is 6.48. The smallest absolute Gasteiger partial charge is 0.202 e. The molecule has 0 N–H and O–H groups in total. The Bertz CT molecular complexity index is 921. The summed E-state index contributed by atoms with van der Waals surface area (Å²) in [5.41, 5.74) is 2.19. The molecule has 3 rings (SSSR count). The maximum absolute atomic E-state index is 12.5. The van der Waals surface area contributed by atoms with Crippen molar-refractivity contribution >= 4 is 27.2 Å². The van der Waals surface area contributed by atoms with Crippen LogP contribution in [0.2, 0.25) is 5.15 Å². The third kappa shape index (κ3) is 3.72. The van der Waals surface area contributed by atoms with Crippen LogP contribution in [0.3, 0.4) is 0 Å². The highest BCUT2D eigenvalue weighted by Crippen LogP contribution is 2.29. The predicted molar refractivity (Wildman–Crippen MR) is 95.3 cm³/mol. The lowest BCUT2D eigenvalue weighted by atomic mass is 10.1. The molecule has 0 amide bonds. The SMILES string of the molecule is Cc1cc(C(=O)COc2cccnc2Cl)c(C)n1[C@H]1CCS(=O)(=O)C1. The largest absolute Gasteiger partial charge is 0.482 e. The lowest BCUT2D eigenvalue weighted by Crippen LogP contribution is -2.16. The van der Waals surface area contributed by atoms with Crippen LogP contribution < -0.4 is 4.74 Å². The number of halogens is 1. The summed E-state index contributed by atoms with van der Waals surface area (Å²) < 4.78 is 30.9. The number of aromatic nitrogens is 2. The van der Waals surface area contributed by atoms with Gasteiger partial charge in [0.2, 0.25) is 5.78 Å². The van der Waals surface area contributed by atoms with E-state index in [9.17, 15) is 13.2 Å². The van der Waals surface area contributed by atoms with Crippen LogP contribution in [0.15, 0.2) is 24.4 Å². The summed E-state index contributed by atoms with van der Waals surface area (Å²) in [6.45, 7) is 3.56. The Labute approximate surface area is 151 Å². The molecule has 0 bridgehead atoms. The molecular weight excluding hydrogens is 364 g/mol. The van der Waals surface area contributed by atoms with Crippen molar-refractivity contribution in [3.8, 4) is 5.75 Å². The van der Waals surface area contributed by atoms with E-state index in [4.69, 9.17) is 16.3 Å². The van der Waals surface area contributed by atoms with E-state index in [0.29, 0.717) is 17.7 Å². The fourth-order valence-electron chi connectivity index (χ4n) is 3.30. The number of hydrogen-bond acceptors (Lipinski definition) is 5. The van der Waals surface area contributed by atoms with Crippen molar-refractivity contribution in [1.29, 1.82) is 0 Å². The lowest BCUT2D eigenvalue weighted by Gasteiger charge is -2.16. The molecule has 1 fully saturated rings. The number of carbonyl (C=O) groups is 1. The minimum atomic E-state index is -2.99. The summed E-state index contributed by atoms with van der Waals surface area (Å²) in [5, 5.41) is 0.205. The highest BCUT2D eigenvalue weighted by atomic mass is 35.5. The fraction of sp³-hybridized carbons (Fsp3) is 0.412. The van der Waals surface area contributed by atoms with Crippen LogP contribution in [0.25, 0.3) is 0 Å². The summed E-state index contributed by atoms with van der Waals surface area (Å²) in [5.74, 6) is 0.493. The summed E-state index contributed by atoms with van der Waals surface area (Å²) in [7, 11) is -2.99. The number of Topliss-reactive ketones (excluding diaryl/α,β-unsaturated/α-hetero) is 1. The second kappa shape index (κ2) is 6.80. The normalized spacial score (nSPS) is 19.1. The van der Waals surface area contributed by atoms with E-state index in [1.807, 2.05) is 18.4 Å². The van der Waals surface area contributed by atoms with E-state index in [1.54, 1.807) is 24.4 Å². The zero-order valence-electron chi connectivity index (χ0n) is 14.0. The van der Waals surface area contributed by atoms with Crippen LogP contribution in [-0.2, 0) is 9.84 Å². The summed E-state index contributed by atoms with van der Waals surface area (Å²) in [6.07, 6.45) is 2.12. The average Bonchev–Trinajstić information content (AvgIpc) is 3.05. The molecule has 25 heavy (non-hydrogen) atoms. The first-order chi connectivity index (χ1) is 11.8. The number of ether oxygens (including phenoxy) is 1. The Morgan fingerprint density at radius 1 is 1.44 bits per heavy atom. The molecule has 0 aromatic carbocycles. The van der Waals surface area contributed by atoms with Gasteiger partial charge in [-0.05, 0) is 38.5 Å². The number of sulfone groups is 1. The van der Waals surface area contributed by atoms with Gasteiger partial charge in [-0.15, -0.1) is 0 Å². The van der Waals surface area contributed by atoms with Gasteiger partial charge in [-0.3, -0.25) is 4.79 Å². The molecule has 8 heteroatoms. The van der Waals surface area contributed by atoms with Gasteiger partial charge >= 0.3 is 0 Å².